The first kappa shape index (κ1) is 15.9. The first-order valence-electron chi connectivity index (χ1n) is 7.91. The van der Waals surface area contributed by atoms with Crippen LogP contribution in [0.5, 0.6) is 0 Å². The molecule has 0 radical (unpaired) electrons. The number of benzene rings is 2. The molecule has 0 saturated heterocycles. The van der Waals surface area contributed by atoms with E-state index < -0.39 is 6.23 Å². The van der Waals surface area contributed by atoms with Crippen molar-refractivity contribution in [3.8, 4) is 0 Å². The lowest BCUT2D eigenvalue weighted by molar-refractivity contribution is -0.152. The SMILES string of the molecule is CCC(C)C(=O)OC1Nc2ccccc2C1c1ccc(Cl)cc1. The third-order valence-electron chi connectivity index (χ3n) is 4.38. The van der Waals surface area contributed by atoms with Crippen LogP contribution in [0.1, 0.15) is 37.3 Å². The summed E-state index contributed by atoms with van der Waals surface area (Å²) < 4.78 is 5.76. The third-order valence-corrected chi connectivity index (χ3v) is 4.64. The second-order valence-electron chi connectivity index (χ2n) is 5.93. The van der Waals surface area contributed by atoms with E-state index in [9.17, 15) is 4.79 Å². The number of rotatable bonds is 4. The fraction of sp³-hybridized carbons (Fsp3) is 0.316. The third kappa shape index (κ3) is 3.20. The van der Waals surface area contributed by atoms with Gasteiger partial charge in [0.25, 0.3) is 0 Å². The normalized spacial score (nSPS) is 20.5. The maximum atomic E-state index is 12.2. The number of nitrogens with one attached hydrogen (secondary N) is 1. The van der Waals surface area contributed by atoms with Gasteiger partial charge in [-0.3, -0.25) is 4.79 Å². The number of halogens is 1. The summed E-state index contributed by atoms with van der Waals surface area (Å²) in [5.41, 5.74) is 3.22. The second kappa shape index (κ2) is 6.63. The van der Waals surface area contributed by atoms with E-state index in [2.05, 4.69) is 11.4 Å². The molecule has 1 heterocycles. The van der Waals surface area contributed by atoms with Gasteiger partial charge < -0.3 is 10.1 Å². The van der Waals surface area contributed by atoms with Gasteiger partial charge in [0.1, 0.15) is 0 Å². The van der Waals surface area contributed by atoms with Gasteiger partial charge in [-0.1, -0.05) is 55.8 Å². The summed E-state index contributed by atoms with van der Waals surface area (Å²) in [5.74, 6) is -0.306. The number of carbonyl (C=O) groups excluding carboxylic acids is 1. The van der Waals surface area contributed by atoms with Crippen molar-refractivity contribution < 1.29 is 9.53 Å². The average molecular weight is 330 g/mol. The molecule has 3 atom stereocenters. The number of hydrogen-bond donors (Lipinski definition) is 1. The molecule has 1 N–H and O–H groups in total. The average Bonchev–Trinajstić information content (AvgIpc) is 2.92. The molecule has 0 saturated carbocycles. The lowest BCUT2D eigenvalue weighted by Gasteiger charge is -2.22. The molecule has 2 aromatic rings. The molecular weight excluding hydrogens is 310 g/mol. The summed E-state index contributed by atoms with van der Waals surface area (Å²) in [6.07, 6.45) is 0.375. The van der Waals surface area contributed by atoms with Gasteiger partial charge in [-0.05, 0) is 35.7 Å². The van der Waals surface area contributed by atoms with E-state index in [1.165, 1.54) is 0 Å². The number of ether oxygens (including phenoxy) is 1. The molecule has 0 aromatic heterocycles. The zero-order chi connectivity index (χ0) is 16.4. The van der Waals surface area contributed by atoms with Crippen LogP contribution < -0.4 is 5.32 Å². The van der Waals surface area contributed by atoms with Crippen LogP contribution in [-0.4, -0.2) is 12.2 Å². The molecule has 0 aliphatic carbocycles. The highest BCUT2D eigenvalue weighted by atomic mass is 35.5. The first-order chi connectivity index (χ1) is 11.1. The number of para-hydroxylation sites is 1. The monoisotopic (exact) mass is 329 g/mol. The van der Waals surface area contributed by atoms with Crippen molar-refractivity contribution in [2.24, 2.45) is 5.92 Å². The van der Waals surface area contributed by atoms with Crippen molar-refractivity contribution in [1.82, 2.24) is 0 Å². The van der Waals surface area contributed by atoms with Crippen molar-refractivity contribution >= 4 is 23.3 Å². The Morgan fingerprint density at radius 3 is 2.61 bits per heavy atom. The fourth-order valence-corrected chi connectivity index (χ4v) is 2.96. The van der Waals surface area contributed by atoms with Gasteiger partial charge in [0, 0.05) is 10.7 Å². The van der Waals surface area contributed by atoms with E-state index in [1.54, 1.807) is 0 Å². The first-order valence-corrected chi connectivity index (χ1v) is 8.29. The summed E-state index contributed by atoms with van der Waals surface area (Å²) in [7, 11) is 0. The molecule has 2 aromatic carbocycles. The molecule has 3 unspecified atom stereocenters. The maximum Gasteiger partial charge on any atom is 0.310 e. The highest BCUT2D eigenvalue weighted by Crippen LogP contribution is 2.41. The van der Waals surface area contributed by atoms with Crippen molar-refractivity contribution in [2.45, 2.75) is 32.4 Å². The molecule has 0 spiro atoms. The molecule has 0 amide bonds. The Hall–Kier alpha value is -2.00. The largest absolute Gasteiger partial charge is 0.441 e. The number of hydrogen-bond acceptors (Lipinski definition) is 3. The van der Waals surface area contributed by atoms with E-state index >= 15 is 0 Å². The lowest BCUT2D eigenvalue weighted by Crippen LogP contribution is -2.30. The van der Waals surface area contributed by atoms with Gasteiger partial charge in [-0.2, -0.15) is 0 Å². The zero-order valence-corrected chi connectivity index (χ0v) is 14.0. The Morgan fingerprint density at radius 1 is 1.22 bits per heavy atom. The summed E-state index contributed by atoms with van der Waals surface area (Å²) in [6, 6.07) is 15.8. The summed E-state index contributed by atoms with van der Waals surface area (Å²) in [5, 5.41) is 4.03. The van der Waals surface area contributed by atoms with Crippen LogP contribution >= 0.6 is 11.6 Å². The molecule has 0 bridgehead atoms. The van der Waals surface area contributed by atoms with Crippen LogP contribution in [0.4, 0.5) is 5.69 Å². The fourth-order valence-electron chi connectivity index (χ4n) is 2.83. The minimum absolute atomic E-state index is 0.0310. The zero-order valence-electron chi connectivity index (χ0n) is 13.3. The Labute approximate surface area is 141 Å². The standard InChI is InChI=1S/C19H20ClNO2/c1-3-12(2)19(22)23-18-17(13-8-10-14(20)11-9-13)15-6-4-5-7-16(15)21-18/h4-12,17-18,21H,3H2,1-2H3. The van der Waals surface area contributed by atoms with E-state index in [-0.39, 0.29) is 17.8 Å². The van der Waals surface area contributed by atoms with Gasteiger partial charge in [0.15, 0.2) is 6.23 Å². The summed E-state index contributed by atoms with van der Waals surface area (Å²) in [6.45, 7) is 3.88. The van der Waals surface area contributed by atoms with Gasteiger partial charge in [0.2, 0.25) is 0 Å². The van der Waals surface area contributed by atoms with Gasteiger partial charge >= 0.3 is 5.97 Å². The van der Waals surface area contributed by atoms with Gasteiger partial charge in [0.05, 0.1) is 11.8 Å². The van der Waals surface area contributed by atoms with Crippen LogP contribution in [0.15, 0.2) is 48.5 Å². The number of fused-ring (bicyclic) bond motifs is 1. The predicted octanol–water partition coefficient (Wildman–Crippen LogP) is 4.81. The molecule has 4 heteroatoms. The predicted molar refractivity (Wildman–Crippen MR) is 92.7 cm³/mol. The van der Waals surface area contributed by atoms with Gasteiger partial charge in [-0.25, -0.2) is 0 Å². The van der Waals surface area contributed by atoms with E-state index in [4.69, 9.17) is 16.3 Å². The highest BCUT2D eigenvalue weighted by Gasteiger charge is 2.36. The van der Waals surface area contributed by atoms with E-state index in [1.807, 2.05) is 56.3 Å². The molecule has 1 aliphatic rings. The summed E-state index contributed by atoms with van der Waals surface area (Å²) >= 11 is 6.00. The topological polar surface area (TPSA) is 38.3 Å². The maximum absolute atomic E-state index is 12.2. The van der Waals surface area contributed by atoms with Crippen LogP contribution in [0, 0.1) is 5.92 Å². The Morgan fingerprint density at radius 2 is 1.91 bits per heavy atom. The molecule has 3 nitrogen and oxygen atoms in total. The molecule has 120 valence electrons. The minimum atomic E-state index is -0.393. The molecule has 23 heavy (non-hydrogen) atoms. The van der Waals surface area contributed by atoms with Crippen molar-refractivity contribution in [1.29, 1.82) is 0 Å². The Kier molecular flexibility index (Phi) is 4.58. The van der Waals surface area contributed by atoms with Crippen molar-refractivity contribution in [2.75, 3.05) is 5.32 Å². The minimum Gasteiger partial charge on any atom is -0.441 e. The van der Waals surface area contributed by atoms with Crippen LogP contribution in [0.3, 0.4) is 0 Å². The van der Waals surface area contributed by atoms with Crippen molar-refractivity contribution in [3.63, 3.8) is 0 Å². The van der Waals surface area contributed by atoms with Crippen LogP contribution in [0.25, 0.3) is 0 Å². The smallest absolute Gasteiger partial charge is 0.310 e. The van der Waals surface area contributed by atoms with Crippen LogP contribution in [-0.2, 0) is 9.53 Å². The number of anilines is 1. The Bertz CT molecular complexity index is 699. The summed E-state index contributed by atoms with van der Waals surface area (Å²) in [4.78, 5) is 12.2. The molecular formula is C19H20ClNO2. The van der Waals surface area contributed by atoms with Gasteiger partial charge in [-0.15, -0.1) is 0 Å². The Balaban J connectivity index is 1.93. The number of carbonyl (C=O) groups is 1. The second-order valence-corrected chi connectivity index (χ2v) is 6.36. The number of esters is 1. The molecule has 0 fully saturated rings. The van der Waals surface area contributed by atoms with E-state index in [0.717, 1.165) is 23.2 Å². The quantitative estimate of drug-likeness (QED) is 0.818. The van der Waals surface area contributed by atoms with Crippen molar-refractivity contribution in [3.05, 3.63) is 64.7 Å². The molecule has 3 rings (SSSR count). The molecule has 1 aliphatic heterocycles. The van der Waals surface area contributed by atoms with Crippen LogP contribution in [0.2, 0.25) is 5.02 Å². The highest BCUT2D eigenvalue weighted by molar-refractivity contribution is 6.30. The lowest BCUT2D eigenvalue weighted by atomic mass is 9.92. The van der Waals surface area contributed by atoms with E-state index in [0.29, 0.717) is 5.02 Å².